The summed E-state index contributed by atoms with van der Waals surface area (Å²) in [6.07, 6.45) is 1.56. The summed E-state index contributed by atoms with van der Waals surface area (Å²) in [6.45, 7) is 0.172. The molecule has 8 heteroatoms. The highest BCUT2D eigenvalue weighted by Gasteiger charge is 2.18. The largest absolute Gasteiger partial charge is 0.454 e. The average Bonchev–Trinajstić information content (AvgIpc) is 3.11. The Morgan fingerprint density at radius 3 is 2.59 bits per heavy atom. The Morgan fingerprint density at radius 1 is 1.07 bits per heavy atom. The second-order valence-corrected chi connectivity index (χ2v) is 6.55. The molecule has 3 aromatic rings. The topological polar surface area (TPSA) is 60.5 Å². The van der Waals surface area contributed by atoms with Crippen LogP contribution >= 0.6 is 15.9 Å². The van der Waals surface area contributed by atoms with Crippen LogP contribution in [0.3, 0.4) is 0 Å². The molecule has 1 N–H and O–H groups in total. The summed E-state index contributed by atoms with van der Waals surface area (Å²) in [5.74, 6) is -0.792. The van der Waals surface area contributed by atoms with Crippen LogP contribution < -0.4 is 14.8 Å². The van der Waals surface area contributed by atoms with Gasteiger partial charge in [-0.15, -0.1) is 0 Å². The number of benzene rings is 2. The predicted molar refractivity (Wildman–Crippen MR) is 97.8 cm³/mol. The SMILES string of the molecule is O=C(Nc1ccc(-c2cc3c(cc2Br)OCO3)cn1)c1cc(F)ccc1F. The number of ether oxygens (including phenoxy) is 2. The number of rotatable bonds is 3. The molecule has 1 amide bonds. The van der Waals surface area contributed by atoms with Gasteiger partial charge >= 0.3 is 0 Å². The van der Waals surface area contributed by atoms with Crippen molar-refractivity contribution in [1.82, 2.24) is 4.98 Å². The van der Waals surface area contributed by atoms with Crippen LogP contribution in [0.2, 0.25) is 0 Å². The fraction of sp³-hybridized carbons (Fsp3) is 0.0526. The minimum atomic E-state index is -0.810. The quantitative estimate of drug-likeness (QED) is 0.647. The van der Waals surface area contributed by atoms with Gasteiger partial charge in [-0.05, 0) is 42.5 Å². The van der Waals surface area contributed by atoms with E-state index in [4.69, 9.17) is 9.47 Å². The van der Waals surface area contributed by atoms with E-state index >= 15 is 0 Å². The van der Waals surface area contributed by atoms with Gasteiger partial charge in [-0.25, -0.2) is 13.8 Å². The third-order valence-corrected chi connectivity index (χ3v) is 4.61. The van der Waals surface area contributed by atoms with Gasteiger partial charge in [0, 0.05) is 21.8 Å². The van der Waals surface area contributed by atoms with Crippen molar-refractivity contribution >= 4 is 27.7 Å². The first-order valence-corrected chi connectivity index (χ1v) is 8.62. The number of pyridine rings is 1. The molecule has 0 radical (unpaired) electrons. The van der Waals surface area contributed by atoms with Crippen LogP contribution in [0.5, 0.6) is 11.5 Å². The van der Waals surface area contributed by atoms with Crippen molar-refractivity contribution in [2.45, 2.75) is 0 Å². The molecule has 5 nitrogen and oxygen atoms in total. The van der Waals surface area contributed by atoms with E-state index in [-0.39, 0.29) is 18.2 Å². The lowest BCUT2D eigenvalue weighted by atomic mass is 10.1. The van der Waals surface area contributed by atoms with Gasteiger partial charge in [-0.1, -0.05) is 15.9 Å². The highest BCUT2D eigenvalue weighted by Crippen LogP contribution is 2.40. The van der Waals surface area contributed by atoms with E-state index in [1.165, 1.54) is 0 Å². The minimum absolute atomic E-state index is 0.172. The first-order chi connectivity index (χ1) is 13.0. The van der Waals surface area contributed by atoms with Gasteiger partial charge < -0.3 is 14.8 Å². The lowest BCUT2D eigenvalue weighted by molar-refractivity contribution is 0.102. The van der Waals surface area contributed by atoms with Gasteiger partial charge in [0.05, 0.1) is 5.56 Å². The zero-order valence-corrected chi connectivity index (χ0v) is 15.2. The number of carbonyl (C=O) groups is 1. The van der Waals surface area contributed by atoms with Crippen LogP contribution in [0.4, 0.5) is 14.6 Å². The maximum Gasteiger partial charge on any atom is 0.259 e. The highest BCUT2D eigenvalue weighted by atomic mass is 79.9. The maximum absolute atomic E-state index is 13.7. The molecule has 0 bridgehead atoms. The molecular weight excluding hydrogens is 422 g/mol. The van der Waals surface area contributed by atoms with Crippen LogP contribution in [0.15, 0.2) is 53.1 Å². The summed E-state index contributed by atoms with van der Waals surface area (Å²) >= 11 is 3.48. The Morgan fingerprint density at radius 2 is 1.85 bits per heavy atom. The van der Waals surface area contributed by atoms with Crippen LogP contribution in [0.25, 0.3) is 11.1 Å². The number of nitrogens with one attached hydrogen (secondary N) is 1. The lowest BCUT2D eigenvalue weighted by Gasteiger charge is -2.09. The van der Waals surface area contributed by atoms with E-state index in [9.17, 15) is 13.6 Å². The monoisotopic (exact) mass is 432 g/mol. The second kappa shape index (κ2) is 6.96. The molecule has 0 atom stereocenters. The number of aromatic nitrogens is 1. The fourth-order valence-corrected chi connectivity index (χ4v) is 3.17. The summed E-state index contributed by atoms with van der Waals surface area (Å²) in [5.41, 5.74) is 1.22. The lowest BCUT2D eigenvalue weighted by Crippen LogP contribution is -2.15. The van der Waals surface area contributed by atoms with Crippen LogP contribution in [-0.2, 0) is 0 Å². The number of hydrogen-bond donors (Lipinski definition) is 1. The van der Waals surface area contributed by atoms with E-state index in [0.717, 1.165) is 33.8 Å². The summed E-state index contributed by atoms with van der Waals surface area (Å²) in [5, 5.41) is 2.45. The van der Waals surface area contributed by atoms with Crippen molar-refractivity contribution in [3.8, 4) is 22.6 Å². The van der Waals surface area contributed by atoms with Crippen molar-refractivity contribution in [3.63, 3.8) is 0 Å². The Kier molecular flexibility index (Phi) is 4.49. The average molecular weight is 433 g/mol. The Hall–Kier alpha value is -3.00. The number of anilines is 1. The van der Waals surface area contributed by atoms with E-state index in [2.05, 4.69) is 26.2 Å². The molecule has 136 valence electrons. The molecule has 0 spiro atoms. The van der Waals surface area contributed by atoms with Crippen molar-refractivity contribution in [1.29, 1.82) is 0 Å². The predicted octanol–water partition coefficient (Wildman–Crippen LogP) is 4.77. The summed E-state index contributed by atoms with van der Waals surface area (Å²) in [4.78, 5) is 16.3. The summed E-state index contributed by atoms with van der Waals surface area (Å²) in [6, 6.07) is 9.63. The minimum Gasteiger partial charge on any atom is -0.454 e. The highest BCUT2D eigenvalue weighted by molar-refractivity contribution is 9.10. The molecule has 1 aliphatic rings. The summed E-state index contributed by atoms with van der Waals surface area (Å²) < 4.78 is 38.4. The Bertz CT molecular complexity index is 1040. The molecule has 1 aromatic heterocycles. The first-order valence-electron chi connectivity index (χ1n) is 7.83. The van der Waals surface area contributed by atoms with Gasteiger partial charge in [0.1, 0.15) is 17.5 Å². The molecule has 4 rings (SSSR count). The van der Waals surface area contributed by atoms with E-state index in [1.807, 2.05) is 6.07 Å². The van der Waals surface area contributed by atoms with Gasteiger partial charge in [0.15, 0.2) is 11.5 Å². The van der Waals surface area contributed by atoms with E-state index in [1.54, 1.807) is 24.4 Å². The molecular formula is C19H11BrF2N2O3. The number of hydrogen-bond acceptors (Lipinski definition) is 4. The first kappa shape index (κ1) is 17.4. The second-order valence-electron chi connectivity index (χ2n) is 5.70. The molecule has 1 aliphatic heterocycles. The van der Waals surface area contributed by atoms with Crippen molar-refractivity contribution in [2.75, 3.05) is 12.1 Å². The molecule has 0 saturated heterocycles. The van der Waals surface area contributed by atoms with E-state index in [0.29, 0.717) is 11.5 Å². The van der Waals surface area contributed by atoms with Crippen LogP contribution in [-0.4, -0.2) is 17.7 Å². The van der Waals surface area contributed by atoms with Crippen molar-refractivity contribution in [3.05, 3.63) is 70.3 Å². The maximum atomic E-state index is 13.7. The number of fused-ring (bicyclic) bond motifs is 1. The fourth-order valence-electron chi connectivity index (χ4n) is 2.62. The van der Waals surface area contributed by atoms with Crippen LogP contribution in [0, 0.1) is 11.6 Å². The molecule has 2 heterocycles. The van der Waals surface area contributed by atoms with E-state index < -0.39 is 17.5 Å². The van der Waals surface area contributed by atoms with Gasteiger partial charge in [0.25, 0.3) is 5.91 Å². The number of carbonyl (C=O) groups excluding carboxylic acids is 1. The molecule has 0 saturated carbocycles. The van der Waals surface area contributed by atoms with Crippen LogP contribution in [0.1, 0.15) is 10.4 Å². The van der Waals surface area contributed by atoms with Crippen molar-refractivity contribution < 1.29 is 23.0 Å². The smallest absolute Gasteiger partial charge is 0.259 e. The Balaban J connectivity index is 1.56. The number of halogens is 3. The molecule has 0 fully saturated rings. The zero-order valence-electron chi connectivity index (χ0n) is 13.6. The molecule has 0 unspecified atom stereocenters. The van der Waals surface area contributed by atoms with Gasteiger partial charge in [-0.2, -0.15) is 0 Å². The number of amides is 1. The van der Waals surface area contributed by atoms with Gasteiger partial charge in [0.2, 0.25) is 6.79 Å². The zero-order chi connectivity index (χ0) is 19.0. The van der Waals surface area contributed by atoms with Gasteiger partial charge in [-0.3, -0.25) is 4.79 Å². The van der Waals surface area contributed by atoms with Crippen molar-refractivity contribution in [2.24, 2.45) is 0 Å². The Labute approximate surface area is 161 Å². The molecule has 2 aromatic carbocycles. The normalized spacial score (nSPS) is 12.1. The molecule has 0 aliphatic carbocycles. The third kappa shape index (κ3) is 3.48. The molecule has 27 heavy (non-hydrogen) atoms. The third-order valence-electron chi connectivity index (χ3n) is 3.95. The summed E-state index contributed by atoms with van der Waals surface area (Å²) in [7, 11) is 0. The number of nitrogens with zero attached hydrogens (tertiary/aromatic N) is 1. The standard InChI is InChI=1S/C19H11BrF2N2O3/c20-14-7-17-16(26-9-27-17)6-12(14)10-1-4-18(23-8-10)24-19(25)13-5-11(21)2-3-15(13)22/h1-8H,9H2,(H,23,24,25).